The van der Waals surface area contributed by atoms with E-state index in [1.54, 1.807) is 18.2 Å². The summed E-state index contributed by atoms with van der Waals surface area (Å²) in [5.74, 6) is -1.32. The Balaban J connectivity index is 1.93. The highest BCUT2D eigenvalue weighted by atomic mass is 19.1. The van der Waals surface area contributed by atoms with E-state index in [0.717, 1.165) is 0 Å². The van der Waals surface area contributed by atoms with Gasteiger partial charge in [-0.25, -0.2) is 9.18 Å². The molecule has 0 unspecified atom stereocenters. The molecule has 0 bridgehead atoms. The Morgan fingerprint density at radius 1 is 1.32 bits per heavy atom. The predicted octanol–water partition coefficient (Wildman–Crippen LogP) is 1.59. The summed E-state index contributed by atoms with van der Waals surface area (Å²) in [6.07, 6.45) is 1.22. The number of carboxylic acid groups (broad SMARTS) is 1. The van der Waals surface area contributed by atoms with Crippen LogP contribution in [0.2, 0.25) is 0 Å². The molecule has 0 atom stereocenters. The van der Waals surface area contributed by atoms with E-state index >= 15 is 0 Å². The zero-order valence-electron chi connectivity index (χ0n) is 10.3. The van der Waals surface area contributed by atoms with Gasteiger partial charge in [-0.15, -0.1) is 0 Å². The summed E-state index contributed by atoms with van der Waals surface area (Å²) >= 11 is 0. The first-order valence-corrected chi connectivity index (χ1v) is 6.06. The number of halogens is 1. The van der Waals surface area contributed by atoms with Crippen molar-refractivity contribution in [2.45, 2.75) is 24.8 Å². The third-order valence-electron chi connectivity index (χ3n) is 3.12. The van der Waals surface area contributed by atoms with Crippen molar-refractivity contribution in [3.8, 4) is 0 Å². The molecule has 19 heavy (non-hydrogen) atoms. The van der Waals surface area contributed by atoms with Crippen molar-refractivity contribution in [3.05, 3.63) is 35.6 Å². The third kappa shape index (κ3) is 3.21. The Kier molecular flexibility index (Phi) is 3.69. The van der Waals surface area contributed by atoms with Gasteiger partial charge < -0.3 is 15.7 Å². The van der Waals surface area contributed by atoms with Gasteiger partial charge in [0.2, 0.25) is 0 Å². The molecule has 102 valence electrons. The first-order valence-electron chi connectivity index (χ1n) is 6.06. The van der Waals surface area contributed by atoms with Gasteiger partial charge in [-0.05, 0) is 18.9 Å². The number of hydrogen-bond donors (Lipinski definition) is 3. The van der Waals surface area contributed by atoms with Crippen molar-refractivity contribution in [2.24, 2.45) is 0 Å². The predicted molar refractivity (Wildman–Crippen MR) is 66.1 cm³/mol. The summed E-state index contributed by atoms with van der Waals surface area (Å²) in [5, 5.41) is 13.6. The summed E-state index contributed by atoms with van der Waals surface area (Å²) in [4.78, 5) is 22.0. The average Bonchev–Trinajstić information content (AvgIpc) is 3.09. The molecule has 2 amide bonds. The summed E-state index contributed by atoms with van der Waals surface area (Å²) in [6.45, 7) is 0.0501. The van der Waals surface area contributed by atoms with Crippen LogP contribution in [0.3, 0.4) is 0 Å². The molecule has 2 rings (SSSR count). The van der Waals surface area contributed by atoms with Gasteiger partial charge in [0.1, 0.15) is 5.82 Å². The SMILES string of the molecule is O=C(O)CCNC(=O)NC1(c2ccccc2F)CC1. The summed E-state index contributed by atoms with van der Waals surface area (Å²) in [5.41, 5.74) is -0.165. The maximum atomic E-state index is 13.7. The number of carboxylic acids is 1. The van der Waals surface area contributed by atoms with E-state index in [2.05, 4.69) is 10.6 Å². The van der Waals surface area contributed by atoms with Crippen LogP contribution >= 0.6 is 0 Å². The number of nitrogens with one attached hydrogen (secondary N) is 2. The molecule has 6 heteroatoms. The molecule has 1 aliphatic rings. The standard InChI is InChI=1S/C13H15FN2O3/c14-10-4-2-1-3-9(10)13(6-7-13)16-12(19)15-8-5-11(17)18/h1-4H,5-8H2,(H,17,18)(H2,15,16,19). The quantitative estimate of drug-likeness (QED) is 0.757. The molecule has 0 aliphatic heterocycles. The average molecular weight is 266 g/mol. The number of aliphatic carboxylic acids is 1. The summed E-state index contributed by atoms with van der Waals surface area (Å²) < 4.78 is 13.7. The minimum Gasteiger partial charge on any atom is -0.481 e. The molecule has 5 nitrogen and oxygen atoms in total. The summed E-state index contributed by atoms with van der Waals surface area (Å²) in [6, 6.07) is 5.87. The van der Waals surface area contributed by atoms with E-state index in [0.29, 0.717) is 18.4 Å². The number of carbonyl (C=O) groups excluding carboxylic acids is 1. The van der Waals surface area contributed by atoms with Crippen LogP contribution in [0.5, 0.6) is 0 Å². The van der Waals surface area contributed by atoms with Crippen molar-refractivity contribution in [1.29, 1.82) is 0 Å². The molecule has 0 radical (unpaired) electrons. The third-order valence-corrected chi connectivity index (χ3v) is 3.12. The van der Waals surface area contributed by atoms with Crippen molar-refractivity contribution >= 4 is 12.0 Å². The maximum Gasteiger partial charge on any atom is 0.315 e. The first kappa shape index (κ1) is 13.3. The van der Waals surface area contributed by atoms with Gasteiger partial charge in [0.25, 0.3) is 0 Å². The largest absolute Gasteiger partial charge is 0.481 e. The van der Waals surface area contributed by atoms with E-state index in [1.807, 2.05) is 0 Å². The zero-order chi connectivity index (χ0) is 13.9. The van der Waals surface area contributed by atoms with E-state index in [9.17, 15) is 14.0 Å². The molecule has 0 heterocycles. The van der Waals surface area contributed by atoms with Crippen LogP contribution in [0.15, 0.2) is 24.3 Å². The Morgan fingerprint density at radius 2 is 2.00 bits per heavy atom. The van der Waals surface area contributed by atoms with Crippen molar-refractivity contribution in [3.63, 3.8) is 0 Å². The smallest absolute Gasteiger partial charge is 0.315 e. The van der Waals surface area contributed by atoms with E-state index in [1.165, 1.54) is 6.07 Å². The number of benzene rings is 1. The molecule has 1 aliphatic carbocycles. The Morgan fingerprint density at radius 3 is 2.58 bits per heavy atom. The molecule has 3 N–H and O–H groups in total. The topological polar surface area (TPSA) is 78.4 Å². The second kappa shape index (κ2) is 5.26. The highest BCUT2D eigenvalue weighted by molar-refractivity contribution is 5.76. The van der Waals surface area contributed by atoms with Gasteiger partial charge in [0, 0.05) is 12.1 Å². The Bertz CT molecular complexity index is 500. The van der Waals surface area contributed by atoms with Crippen LogP contribution in [0.25, 0.3) is 0 Å². The van der Waals surface area contributed by atoms with Crippen LogP contribution in [-0.4, -0.2) is 23.7 Å². The van der Waals surface area contributed by atoms with Gasteiger partial charge >= 0.3 is 12.0 Å². The minimum atomic E-state index is -0.976. The maximum absolute atomic E-state index is 13.7. The van der Waals surface area contributed by atoms with E-state index in [4.69, 9.17) is 5.11 Å². The normalized spacial score (nSPS) is 15.6. The Labute approximate surface area is 109 Å². The number of urea groups is 1. The first-order chi connectivity index (χ1) is 9.03. The van der Waals surface area contributed by atoms with Crippen molar-refractivity contribution < 1.29 is 19.1 Å². The second-order valence-corrected chi connectivity index (χ2v) is 4.59. The molecule has 0 spiro atoms. The molecule has 1 saturated carbocycles. The monoisotopic (exact) mass is 266 g/mol. The van der Waals surface area contributed by atoms with E-state index in [-0.39, 0.29) is 18.8 Å². The fraction of sp³-hybridized carbons (Fsp3) is 0.385. The van der Waals surface area contributed by atoms with Gasteiger partial charge in [-0.3, -0.25) is 4.79 Å². The van der Waals surface area contributed by atoms with Gasteiger partial charge in [0.05, 0.1) is 12.0 Å². The van der Waals surface area contributed by atoms with Crippen LogP contribution in [0, 0.1) is 5.82 Å². The summed E-state index contributed by atoms with van der Waals surface area (Å²) in [7, 11) is 0. The molecular weight excluding hydrogens is 251 g/mol. The fourth-order valence-electron chi connectivity index (χ4n) is 1.98. The minimum absolute atomic E-state index is 0.0501. The van der Waals surface area contributed by atoms with E-state index < -0.39 is 17.5 Å². The molecule has 1 aromatic carbocycles. The highest BCUT2D eigenvalue weighted by Gasteiger charge is 2.47. The van der Waals surface area contributed by atoms with Crippen LogP contribution in [0.4, 0.5) is 9.18 Å². The molecule has 0 saturated heterocycles. The van der Waals surface area contributed by atoms with Gasteiger partial charge in [-0.2, -0.15) is 0 Å². The lowest BCUT2D eigenvalue weighted by Gasteiger charge is -2.18. The zero-order valence-corrected chi connectivity index (χ0v) is 10.3. The molecular formula is C13H15FN2O3. The van der Waals surface area contributed by atoms with Crippen LogP contribution in [-0.2, 0) is 10.3 Å². The van der Waals surface area contributed by atoms with Crippen LogP contribution in [0.1, 0.15) is 24.8 Å². The Hall–Kier alpha value is -2.11. The van der Waals surface area contributed by atoms with Gasteiger partial charge in [-0.1, -0.05) is 18.2 Å². The van der Waals surface area contributed by atoms with Crippen molar-refractivity contribution in [1.82, 2.24) is 10.6 Å². The number of hydrogen-bond acceptors (Lipinski definition) is 2. The lowest BCUT2D eigenvalue weighted by atomic mass is 10.0. The number of carbonyl (C=O) groups is 2. The lowest BCUT2D eigenvalue weighted by molar-refractivity contribution is -0.136. The molecule has 0 aromatic heterocycles. The van der Waals surface area contributed by atoms with Gasteiger partial charge in [0.15, 0.2) is 0 Å². The van der Waals surface area contributed by atoms with Crippen LogP contribution < -0.4 is 10.6 Å². The molecule has 1 fully saturated rings. The number of amides is 2. The number of rotatable bonds is 5. The van der Waals surface area contributed by atoms with Crippen molar-refractivity contribution in [2.75, 3.05) is 6.54 Å². The highest BCUT2D eigenvalue weighted by Crippen LogP contribution is 2.46. The molecule has 1 aromatic rings. The fourth-order valence-corrected chi connectivity index (χ4v) is 1.98. The lowest BCUT2D eigenvalue weighted by Crippen LogP contribution is -2.43. The second-order valence-electron chi connectivity index (χ2n) is 4.59.